The standard InChI is InChI=1S/C13H18N2O3/c1-13(5-7-18-8-6-13)9-14-11-4-2-3-10(15-11)12(16)17/h2-4H,5-9H2,1H3,(H,14,15)(H,16,17). The van der Waals surface area contributed by atoms with Crippen LogP contribution < -0.4 is 5.32 Å². The van der Waals surface area contributed by atoms with Crippen LogP contribution in [0.25, 0.3) is 0 Å². The monoisotopic (exact) mass is 250 g/mol. The molecule has 1 fully saturated rings. The van der Waals surface area contributed by atoms with E-state index in [-0.39, 0.29) is 11.1 Å². The van der Waals surface area contributed by atoms with Crippen molar-refractivity contribution >= 4 is 11.8 Å². The van der Waals surface area contributed by atoms with Crippen LogP contribution in [-0.2, 0) is 4.74 Å². The average Bonchev–Trinajstić information content (AvgIpc) is 2.38. The van der Waals surface area contributed by atoms with Crippen LogP contribution in [0.4, 0.5) is 5.82 Å². The van der Waals surface area contributed by atoms with Gasteiger partial charge in [0.25, 0.3) is 0 Å². The third kappa shape index (κ3) is 3.20. The molecule has 0 aliphatic carbocycles. The molecule has 0 spiro atoms. The lowest BCUT2D eigenvalue weighted by Crippen LogP contribution is -2.33. The minimum atomic E-state index is -1.00. The van der Waals surface area contributed by atoms with Crippen molar-refractivity contribution < 1.29 is 14.6 Å². The zero-order chi connectivity index (χ0) is 13.0. The van der Waals surface area contributed by atoms with Crippen LogP contribution in [0.15, 0.2) is 18.2 Å². The first kappa shape index (κ1) is 12.8. The highest BCUT2D eigenvalue weighted by molar-refractivity contribution is 5.85. The molecule has 5 nitrogen and oxygen atoms in total. The van der Waals surface area contributed by atoms with Gasteiger partial charge in [-0.05, 0) is 30.4 Å². The van der Waals surface area contributed by atoms with Crippen molar-refractivity contribution in [2.24, 2.45) is 5.41 Å². The highest BCUT2D eigenvalue weighted by atomic mass is 16.5. The summed E-state index contributed by atoms with van der Waals surface area (Å²) in [6, 6.07) is 4.98. The summed E-state index contributed by atoms with van der Waals surface area (Å²) in [6.45, 7) is 4.58. The van der Waals surface area contributed by atoms with Crippen LogP contribution in [0.5, 0.6) is 0 Å². The summed E-state index contributed by atoms with van der Waals surface area (Å²) in [4.78, 5) is 14.9. The number of aromatic carboxylic acids is 1. The van der Waals surface area contributed by atoms with Gasteiger partial charge < -0.3 is 15.2 Å². The number of nitrogens with zero attached hydrogens (tertiary/aromatic N) is 1. The van der Waals surface area contributed by atoms with E-state index in [0.29, 0.717) is 5.82 Å². The normalized spacial score (nSPS) is 18.3. The van der Waals surface area contributed by atoms with Gasteiger partial charge in [-0.1, -0.05) is 13.0 Å². The van der Waals surface area contributed by atoms with Gasteiger partial charge in [0.2, 0.25) is 0 Å². The Hall–Kier alpha value is -1.62. The van der Waals surface area contributed by atoms with Crippen molar-refractivity contribution in [3.8, 4) is 0 Å². The predicted molar refractivity (Wildman–Crippen MR) is 67.8 cm³/mol. The Bertz CT molecular complexity index is 428. The lowest BCUT2D eigenvalue weighted by molar-refractivity contribution is 0.0300. The molecule has 2 heterocycles. The maximum Gasteiger partial charge on any atom is 0.354 e. The minimum absolute atomic E-state index is 0.0668. The van der Waals surface area contributed by atoms with Gasteiger partial charge in [0, 0.05) is 19.8 Å². The number of carbonyl (C=O) groups is 1. The molecular weight excluding hydrogens is 232 g/mol. The Labute approximate surface area is 106 Å². The summed E-state index contributed by atoms with van der Waals surface area (Å²) >= 11 is 0. The second-order valence-corrected chi connectivity index (χ2v) is 4.99. The van der Waals surface area contributed by atoms with Crippen molar-refractivity contribution in [2.45, 2.75) is 19.8 Å². The second kappa shape index (κ2) is 5.35. The maximum atomic E-state index is 10.8. The molecule has 0 unspecified atom stereocenters. The number of hydrogen-bond acceptors (Lipinski definition) is 4. The van der Waals surface area contributed by atoms with Crippen molar-refractivity contribution in [3.63, 3.8) is 0 Å². The molecule has 1 aromatic rings. The van der Waals surface area contributed by atoms with Gasteiger partial charge in [0.05, 0.1) is 0 Å². The summed E-state index contributed by atoms with van der Waals surface area (Å²) in [5.74, 6) is -0.390. The molecule has 0 atom stereocenters. The fourth-order valence-electron chi connectivity index (χ4n) is 2.00. The Morgan fingerprint density at radius 1 is 1.50 bits per heavy atom. The van der Waals surface area contributed by atoms with E-state index in [9.17, 15) is 4.79 Å². The predicted octanol–water partition coefficient (Wildman–Crippen LogP) is 2.01. The molecule has 0 saturated carbocycles. The quantitative estimate of drug-likeness (QED) is 0.855. The molecule has 1 aliphatic rings. The molecule has 1 aliphatic heterocycles. The number of hydrogen-bond donors (Lipinski definition) is 2. The van der Waals surface area contributed by atoms with Crippen molar-refractivity contribution in [1.82, 2.24) is 4.98 Å². The summed E-state index contributed by atoms with van der Waals surface area (Å²) in [7, 11) is 0. The highest BCUT2D eigenvalue weighted by Gasteiger charge is 2.27. The van der Waals surface area contributed by atoms with Crippen LogP contribution in [0, 0.1) is 5.41 Å². The van der Waals surface area contributed by atoms with E-state index < -0.39 is 5.97 Å². The topological polar surface area (TPSA) is 71.5 Å². The Kier molecular flexibility index (Phi) is 3.81. The number of pyridine rings is 1. The van der Waals surface area contributed by atoms with Gasteiger partial charge in [0.1, 0.15) is 5.82 Å². The Morgan fingerprint density at radius 3 is 2.89 bits per heavy atom. The van der Waals surface area contributed by atoms with Crippen LogP contribution in [0.3, 0.4) is 0 Å². The first-order chi connectivity index (χ1) is 8.59. The largest absolute Gasteiger partial charge is 0.477 e. The van der Waals surface area contributed by atoms with Gasteiger partial charge in [-0.2, -0.15) is 0 Å². The van der Waals surface area contributed by atoms with Crippen LogP contribution >= 0.6 is 0 Å². The fourth-order valence-corrected chi connectivity index (χ4v) is 2.00. The van der Waals surface area contributed by atoms with Crippen molar-refractivity contribution in [1.29, 1.82) is 0 Å². The SMILES string of the molecule is CC1(CNc2cccc(C(=O)O)n2)CCOCC1. The summed E-state index contributed by atoms with van der Waals surface area (Å²) < 4.78 is 5.35. The molecule has 0 amide bonds. The Morgan fingerprint density at radius 2 is 2.22 bits per heavy atom. The molecule has 2 rings (SSSR count). The number of nitrogens with one attached hydrogen (secondary N) is 1. The molecule has 0 aromatic carbocycles. The van der Waals surface area contributed by atoms with Gasteiger partial charge in [-0.15, -0.1) is 0 Å². The Balaban J connectivity index is 1.97. The molecule has 0 radical (unpaired) electrons. The molecule has 18 heavy (non-hydrogen) atoms. The summed E-state index contributed by atoms with van der Waals surface area (Å²) in [6.07, 6.45) is 2.03. The third-order valence-electron chi connectivity index (χ3n) is 3.36. The van der Waals surface area contributed by atoms with E-state index in [1.807, 2.05) is 0 Å². The van der Waals surface area contributed by atoms with E-state index in [1.165, 1.54) is 6.07 Å². The zero-order valence-electron chi connectivity index (χ0n) is 10.5. The van der Waals surface area contributed by atoms with Gasteiger partial charge in [-0.3, -0.25) is 0 Å². The van der Waals surface area contributed by atoms with E-state index in [1.54, 1.807) is 12.1 Å². The first-order valence-corrected chi connectivity index (χ1v) is 6.11. The average molecular weight is 250 g/mol. The molecular formula is C13H18N2O3. The molecule has 0 bridgehead atoms. The number of rotatable bonds is 4. The molecule has 1 aromatic heterocycles. The van der Waals surface area contributed by atoms with Gasteiger partial charge in [-0.25, -0.2) is 9.78 Å². The van der Waals surface area contributed by atoms with E-state index in [4.69, 9.17) is 9.84 Å². The second-order valence-electron chi connectivity index (χ2n) is 4.99. The first-order valence-electron chi connectivity index (χ1n) is 6.11. The molecule has 1 saturated heterocycles. The van der Waals surface area contributed by atoms with E-state index in [0.717, 1.165) is 32.6 Å². The van der Waals surface area contributed by atoms with E-state index >= 15 is 0 Å². The molecule has 98 valence electrons. The van der Waals surface area contributed by atoms with Crippen LogP contribution in [0.2, 0.25) is 0 Å². The van der Waals surface area contributed by atoms with Crippen molar-refractivity contribution in [2.75, 3.05) is 25.1 Å². The van der Waals surface area contributed by atoms with Crippen LogP contribution in [0.1, 0.15) is 30.3 Å². The number of carboxylic acid groups (broad SMARTS) is 1. The number of carboxylic acids is 1. The molecule has 5 heteroatoms. The third-order valence-corrected chi connectivity index (χ3v) is 3.36. The molecule has 2 N–H and O–H groups in total. The van der Waals surface area contributed by atoms with E-state index in [2.05, 4.69) is 17.2 Å². The van der Waals surface area contributed by atoms with Crippen molar-refractivity contribution in [3.05, 3.63) is 23.9 Å². The summed E-state index contributed by atoms with van der Waals surface area (Å²) in [5.41, 5.74) is 0.260. The van der Waals surface area contributed by atoms with Gasteiger partial charge in [0.15, 0.2) is 5.69 Å². The number of ether oxygens (including phenoxy) is 1. The fraction of sp³-hybridized carbons (Fsp3) is 0.538. The minimum Gasteiger partial charge on any atom is -0.477 e. The number of aromatic nitrogens is 1. The van der Waals surface area contributed by atoms with Crippen LogP contribution in [-0.4, -0.2) is 35.8 Å². The zero-order valence-corrected chi connectivity index (χ0v) is 10.5. The van der Waals surface area contributed by atoms with Gasteiger partial charge >= 0.3 is 5.97 Å². The summed E-state index contributed by atoms with van der Waals surface area (Å²) in [5, 5.41) is 12.1. The maximum absolute atomic E-state index is 10.8. The lowest BCUT2D eigenvalue weighted by Gasteiger charge is -2.33. The smallest absolute Gasteiger partial charge is 0.354 e. The number of anilines is 1. The highest BCUT2D eigenvalue weighted by Crippen LogP contribution is 2.29. The lowest BCUT2D eigenvalue weighted by atomic mass is 9.82.